The molecule has 1 aliphatic heterocycles. The first-order valence-corrected chi connectivity index (χ1v) is 11.0. The molecule has 5 nitrogen and oxygen atoms in total. The zero-order valence-corrected chi connectivity index (χ0v) is 18.6. The minimum atomic E-state index is -1.09. The first-order chi connectivity index (χ1) is 13.6. The summed E-state index contributed by atoms with van der Waals surface area (Å²) in [5.74, 6) is 1.45. The molecule has 2 fully saturated rings. The normalized spacial score (nSPS) is 32.0. The number of benzene rings is 1. The van der Waals surface area contributed by atoms with Crippen LogP contribution in [0.5, 0.6) is 5.75 Å². The first kappa shape index (κ1) is 22.5. The maximum absolute atomic E-state index is 11.2. The Kier molecular flexibility index (Phi) is 6.94. The van der Waals surface area contributed by atoms with Crippen LogP contribution in [0.3, 0.4) is 0 Å². The zero-order chi connectivity index (χ0) is 21.1. The number of hydrogen-bond acceptors (Lipinski definition) is 5. The van der Waals surface area contributed by atoms with Crippen molar-refractivity contribution in [3.05, 3.63) is 29.8 Å². The molecule has 1 aromatic carbocycles. The lowest BCUT2D eigenvalue weighted by atomic mass is 9.68. The molecule has 1 saturated heterocycles. The van der Waals surface area contributed by atoms with Crippen LogP contribution in [0.1, 0.15) is 52.0 Å². The lowest BCUT2D eigenvalue weighted by molar-refractivity contribution is -0.0808. The van der Waals surface area contributed by atoms with Crippen LogP contribution in [0, 0.1) is 18.3 Å². The van der Waals surface area contributed by atoms with Crippen LogP contribution in [0.2, 0.25) is 0 Å². The number of aryl methyl sites for hydroxylation is 1. The SMILES string of the molecule is Cc1ccccc1OCC1(O)COCCN(CC2(O)CCC(C(C)(C)C)CC2)C1. The van der Waals surface area contributed by atoms with E-state index in [1.54, 1.807) is 0 Å². The van der Waals surface area contributed by atoms with E-state index in [-0.39, 0.29) is 13.2 Å². The van der Waals surface area contributed by atoms with Crippen molar-refractivity contribution in [2.75, 3.05) is 39.5 Å². The maximum Gasteiger partial charge on any atom is 0.134 e. The number of aliphatic hydroxyl groups is 2. The van der Waals surface area contributed by atoms with Crippen molar-refractivity contribution < 1.29 is 19.7 Å². The van der Waals surface area contributed by atoms with Crippen molar-refractivity contribution in [3.8, 4) is 5.75 Å². The molecule has 2 aliphatic rings. The average molecular weight is 406 g/mol. The first-order valence-electron chi connectivity index (χ1n) is 11.0. The fourth-order valence-corrected chi connectivity index (χ4v) is 4.74. The van der Waals surface area contributed by atoms with Crippen LogP contribution >= 0.6 is 0 Å². The van der Waals surface area contributed by atoms with Crippen molar-refractivity contribution in [2.24, 2.45) is 11.3 Å². The van der Waals surface area contributed by atoms with E-state index in [4.69, 9.17) is 9.47 Å². The van der Waals surface area contributed by atoms with Gasteiger partial charge in [-0.25, -0.2) is 0 Å². The Morgan fingerprint density at radius 3 is 2.48 bits per heavy atom. The van der Waals surface area contributed by atoms with Gasteiger partial charge in [0.1, 0.15) is 18.0 Å². The fourth-order valence-electron chi connectivity index (χ4n) is 4.74. The Morgan fingerprint density at radius 2 is 1.83 bits per heavy atom. The van der Waals surface area contributed by atoms with E-state index in [2.05, 4.69) is 25.7 Å². The highest BCUT2D eigenvalue weighted by Crippen LogP contribution is 2.41. The summed E-state index contributed by atoms with van der Waals surface area (Å²) >= 11 is 0. The minimum Gasteiger partial charge on any atom is -0.490 e. The number of β-amino-alcohol motifs (C(OH)–C–C–N with tert-alkyl or cyclic N) is 2. The third-order valence-electron chi connectivity index (χ3n) is 6.69. The predicted octanol–water partition coefficient (Wildman–Crippen LogP) is 3.40. The van der Waals surface area contributed by atoms with Gasteiger partial charge >= 0.3 is 0 Å². The Labute approximate surface area is 176 Å². The second kappa shape index (κ2) is 8.93. The van der Waals surface area contributed by atoms with Gasteiger partial charge < -0.3 is 19.7 Å². The Bertz CT molecular complexity index is 663. The molecule has 5 heteroatoms. The van der Waals surface area contributed by atoms with E-state index in [0.717, 1.165) is 43.5 Å². The molecule has 1 unspecified atom stereocenters. The summed E-state index contributed by atoms with van der Waals surface area (Å²) in [6, 6.07) is 7.83. The van der Waals surface area contributed by atoms with Crippen LogP contribution < -0.4 is 4.74 Å². The van der Waals surface area contributed by atoms with Gasteiger partial charge in [0.15, 0.2) is 0 Å². The second-order valence-electron chi connectivity index (χ2n) is 10.4. The minimum absolute atomic E-state index is 0.179. The van der Waals surface area contributed by atoms with E-state index in [1.807, 2.05) is 31.2 Å². The van der Waals surface area contributed by atoms with Gasteiger partial charge in [0.25, 0.3) is 0 Å². The quantitative estimate of drug-likeness (QED) is 0.786. The molecule has 1 aromatic rings. The lowest BCUT2D eigenvalue weighted by Gasteiger charge is -2.43. The molecule has 0 radical (unpaired) electrons. The van der Waals surface area contributed by atoms with E-state index in [9.17, 15) is 10.2 Å². The molecule has 0 aromatic heterocycles. The van der Waals surface area contributed by atoms with Gasteiger partial charge in [-0.15, -0.1) is 0 Å². The molecule has 1 saturated carbocycles. The summed E-state index contributed by atoms with van der Waals surface area (Å²) in [5.41, 5.74) is -0.417. The molecular formula is C24H39NO4. The van der Waals surface area contributed by atoms with Crippen LogP contribution in [-0.2, 0) is 4.74 Å². The summed E-state index contributed by atoms with van der Waals surface area (Å²) in [6.07, 6.45) is 3.77. The topological polar surface area (TPSA) is 62.2 Å². The number of rotatable bonds is 5. The molecule has 164 valence electrons. The number of ether oxygens (including phenoxy) is 2. The van der Waals surface area contributed by atoms with Crippen molar-refractivity contribution in [2.45, 2.75) is 64.6 Å². The summed E-state index contributed by atoms with van der Waals surface area (Å²) < 4.78 is 11.6. The standard InChI is InChI=1S/C24H39NO4/c1-19-7-5-6-8-21(19)29-18-24(27)16-25(13-14-28-17-24)15-23(26)11-9-20(10-12-23)22(2,3)4/h5-8,20,26-27H,9-18H2,1-4H3. The van der Waals surface area contributed by atoms with E-state index >= 15 is 0 Å². The molecule has 29 heavy (non-hydrogen) atoms. The average Bonchev–Trinajstić information content (AvgIpc) is 2.82. The highest BCUT2D eigenvalue weighted by molar-refractivity contribution is 5.31. The largest absolute Gasteiger partial charge is 0.490 e. The molecule has 0 amide bonds. The molecule has 1 heterocycles. The molecule has 1 aliphatic carbocycles. The molecule has 2 N–H and O–H groups in total. The Hall–Kier alpha value is -1.14. The molecule has 3 rings (SSSR count). The van der Waals surface area contributed by atoms with Gasteiger partial charge in [-0.1, -0.05) is 39.0 Å². The smallest absolute Gasteiger partial charge is 0.134 e. The van der Waals surface area contributed by atoms with Crippen molar-refractivity contribution >= 4 is 0 Å². The van der Waals surface area contributed by atoms with Gasteiger partial charge in [0.05, 0.1) is 18.8 Å². The monoisotopic (exact) mass is 405 g/mol. The number of nitrogens with zero attached hydrogens (tertiary/aromatic N) is 1. The summed E-state index contributed by atoms with van der Waals surface area (Å²) in [7, 11) is 0. The van der Waals surface area contributed by atoms with Crippen LogP contribution in [0.4, 0.5) is 0 Å². The third-order valence-corrected chi connectivity index (χ3v) is 6.69. The van der Waals surface area contributed by atoms with Gasteiger partial charge in [0.2, 0.25) is 0 Å². The van der Waals surface area contributed by atoms with Gasteiger partial charge in [-0.3, -0.25) is 4.90 Å². The molecule has 0 spiro atoms. The van der Waals surface area contributed by atoms with Crippen LogP contribution in [0.25, 0.3) is 0 Å². The fraction of sp³-hybridized carbons (Fsp3) is 0.750. The number of hydrogen-bond donors (Lipinski definition) is 2. The summed E-state index contributed by atoms with van der Waals surface area (Å²) in [6.45, 7) is 11.6. The Morgan fingerprint density at radius 1 is 1.14 bits per heavy atom. The highest BCUT2D eigenvalue weighted by Gasteiger charge is 2.41. The maximum atomic E-state index is 11.2. The van der Waals surface area contributed by atoms with E-state index in [1.165, 1.54) is 0 Å². The Balaban J connectivity index is 1.58. The molecule has 1 atom stereocenters. The van der Waals surface area contributed by atoms with E-state index < -0.39 is 11.2 Å². The third kappa shape index (κ3) is 6.17. The van der Waals surface area contributed by atoms with Gasteiger partial charge in [0, 0.05) is 19.6 Å². The van der Waals surface area contributed by atoms with Crippen LogP contribution in [0.15, 0.2) is 24.3 Å². The predicted molar refractivity (Wildman–Crippen MR) is 115 cm³/mol. The molecule has 0 bridgehead atoms. The second-order valence-corrected chi connectivity index (χ2v) is 10.4. The number of para-hydroxylation sites is 1. The van der Waals surface area contributed by atoms with E-state index in [0.29, 0.717) is 31.0 Å². The highest BCUT2D eigenvalue weighted by atomic mass is 16.5. The van der Waals surface area contributed by atoms with Crippen molar-refractivity contribution in [1.82, 2.24) is 4.90 Å². The zero-order valence-electron chi connectivity index (χ0n) is 18.6. The van der Waals surface area contributed by atoms with Gasteiger partial charge in [-0.2, -0.15) is 0 Å². The molecular weight excluding hydrogens is 366 g/mol. The van der Waals surface area contributed by atoms with Crippen LogP contribution in [-0.4, -0.2) is 65.8 Å². The van der Waals surface area contributed by atoms with Gasteiger partial charge in [-0.05, 0) is 55.6 Å². The van der Waals surface area contributed by atoms with Crippen molar-refractivity contribution in [3.63, 3.8) is 0 Å². The lowest BCUT2D eigenvalue weighted by Crippen LogP contribution is -2.53. The summed E-state index contributed by atoms with van der Waals surface area (Å²) in [5, 5.41) is 22.4. The van der Waals surface area contributed by atoms with Crippen molar-refractivity contribution in [1.29, 1.82) is 0 Å². The summed E-state index contributed by atoms with van der Waals surface area (Å²) in [4.78, 5) is 2.16.